The minimum Gasteiger partial charge on any atom is -0.289 e. The minimum absolute atomic E-state index is 0.0402. The monoisotopic (exact) mass is 294 g/mol. The van der Waals surface area contributed by atoms with Crippen molar-refractivity contribution in [3.05, 3.63) is 55.5 Å². The number of aromatic nitrogens is 3. The Bertz CT molecular complexity index is 729. The van der Waals surface area contributed by atoms with Gasteiger partial charge in [-0.15, -0.1) is 10.2 Å². The predicted molar refractivity (Wildman–Crippen MR) is 72.0 cm³/mol. The zero-order chi connectivity index (χ0) is 14.5. The van der Waals surface area contributed by atoms with E-state index in [-0.39, 0.29) is 16.7 Å². The lowest BCUT2D eigenvalue weighted by atomic mass is 10.2. The SMILES string of the molecule is O=c1cnnc(NN=Cc2ccc(Cl)c([N+](=O)[O-])c2)[nH]1. The van der Waals surface area contributed by atoms with Gasteiger partial charge in [-0.2, -0.15) is 5.10 Å². The molecule has 0 unspecified atom stereocenters. The topological polar surface area (TPSA) is 126 Å². The zero-order valence-electron chi connectivity index (χ0n) is 9.78. The van der Waals surface area contributed by atoms with Gasteiger partial charge in [0.05, 0.1) is 11.1 Å². The molecule has 0 aliphatic heterocycles. The predicted octanol–water partition coefficient (Wildman–Crippen LogP) is 1.17. The van der Waals surface area contributed by atoms with Crippen LogP contribution in [0.25, 0.3) is 0 Å². The number of benzene rings is 1. The lowest BCUT2D eigenvalue weighted by molar-refractivity contribution is -0.384. The number of rotatable bonds is 4. The fraction of sp³-hybridized carbons (Fsp3) is 0. The van der Waals surface area contributed by atoms with Crippen molar-refractivity contribution in [2.24, 2.45) is 5.10 Å². The molecule has 1 aromatic carbocycles. The first-order valence-electron chi connectivity index (χ1n) is 5.21. The van der Waals surface area contributed by atoms with E-state index in [1.807, 2.05) is 0 Å². The number of nitrogens with zero attached hydrogens (tertiary/aromatic N) is 4. The molecule has 10 heteroatoms. The van der Waals surface area contributed by atoms with E-state index in [2.05, 4.69) is 25.7 Å². The molecule has 20 heavy (non-hydrogen) atoms. The Balaban J connectivity index is 2.14. The van der Waals surface area contributed by atoms with Crippen molar-refractivity contribution in [2.75, 3.05) is 5.43 Å². The first-order valence-corrected chi connectivity index (χ1v) is 5.59. The van der Waals surface area contributed by atoms with E-state index in [0.717, 1.165) is 6.20 Å². The summed E-state index contributed by atoms with van der Waals surface area (Å²) >= 11 is 5.68. The largest absolute Gasteiger partial charge is 0.289 e. The molecular weight excluding hydrogens is 288 g/mol. The van der Waals surface area contributed by atoms with E-state index in [9.17, 15) is 14.9 Å². The maximum atomic E-state index is 10.9. The second-order valence-corrected chi connectivity index (χ2v) is 3.93. The van der Waals surface area contributed by atoms with Crippen molar-refractivity contribution in [1.29, 1.82) is 0 Å². The molecule has 102 valence electrons. The number of hydrogen-bond donors (Lipinski definition) is 2. The molecule has 9 nitrogen and oxygen atoms in total. The zero-order valence-corrected chi connectivity index (χ0v) is 10.5. The average molecular weight is 295 g/mol. The van der Waals surface area contributed by atoms with Gasteiger partial charge in [0.2, 0.25) is 5.95 Å². The Morgan fingerprint density at radius 3 is 3.00 bits per heavy atom. The molecule has 0 spiro atoms. The number of anilines is 1. The van der Waals surface area contributed by atoms with Gasteiger partial charge in [-0.3, -0.25) is 19.9 Å². The third-order valence-corrected chi connectivity index (χ3v) is 2.44. The van der Waals surface area contributed by atoms with Crippen LogP contribution >= 0.6 is 11.6 Å². The van der Waals surface area contributed by atoms with E-state index in [0.29, 0.717) is 5.56 Å². The summed E-state index contributed by atoms with van der Waals surface area (Å²) in [5, 5.41) is 21.5. The highest BCUT2D eigenvalue weighted by atomic mass is 35.5. The summed E-state index contributed by atoms with van der Waals surface area (Å²) < 4.78 is 0. The van der Waals surface area contributed by atoms with Crippen LogP contribution in [0.5, 0.6) is 0 Å². The molecule has 2 aromatic rings. The van der Waals surface area contributed by atoms with Crippen LogP contribution in [0.1, 0.15) is 5.56 Å². The van der Waals surface area contributed by atoms with E-state index in [1.165, 1.54) is 18.3 Å². The molecule has 1 aromatic heterocycles. The molecule has 0 atom stereocenters. The number of H-pyrrole nitrogens is 1. The van der Waals surface area contributed by atoms with Crippen LogP contribution in [0.2, 0.25) is 5.02 Å². The van der Waals surface area contributed by atoms with Crippen molar-refractivity contribution < 1.29 is 4.92 Å². The number of nitro benzene ring substituents is 1. The quantitative estimate of drug-likeness (QED) is 0.495. The lowest BCUT2D eigenvalue weighted by Crippen LogP contribution is -2.10. The fourth-order valence-corrected chi connectivity index (χ4v) is 1.47. The lowest BCUT2D eigenvalue weighted by Gasteiger charge is -1.98. The van der Waals surface area contributed by atoms with Crippen LogP contribution in [0, 0.1) is 10.1 Å². The normalized spacial score (nSPS) is 10.7. The minimum atomic E-state index is -0.590. The molecule has 0 aliphatic rings. The molecule has 0 bridgehead atoms. The first kappa shape index (κ1) is 13.6. The third kappa shape index (κ3) is 3.36. The Kier molecular flexibility index (Phi) is 4.01. The number of aromatic amines is 1. The Labute approximate surface area is 116 Å². The number of hydrazone groups is 1. The molecule has 0 fully saturated rings. The third-order valence-electron chi connectivity index (χ3n) is 2.13. The summed E-state index contributed by atoms with van der Waals surface area (Å²) in [6, 6.07) is 4.22. The van der Waals surface area contributed by atoms with Crippen molar-refractivity contribution in [2.45, 2.75) is 0 Å². The highest BCUT2D eigenvalue weighted by Crippen LogP contribution is 2.24. The summed E-state index contributed by atoms with van der Waals surface area (Å²) in [5.74, 6) is 0.0530. The van der Waals surface area contributed by atoms with Crippen LogP contribution < -0.4 is 11.0 Å². The summed E-state index contributed by atoms with van der Waals surface area (Å²) in [4.78, 5) is 23.4. The first-order chi connectivity index (χ1) is 9.56. The van der Waals surface area contributed by atoms with Crippen LogP contribution in [-0.2, 0) is 0 Å². The number of halogens is 1. The van der Waals surface area contributed by atoms with Gasteiger partial charge in [0.25, 0.3) is 11.2 Å². The highest BCUT2D eigenvalue weighted by Gasteiger charge is 2.11. The van der Waals surface area contributed by atoms with Gasteiger partial charge in [0.1, 0.15) is 11.2 Å². The van der Waals surface area contributed by atoms with E-state index in [1.54, 1.807) is 6.07 Å². The molecule has 2 N–H and O–H groups in total. The van der Waals surface area contributed by atoms with Gasteiger partial charge in [0, 0.05) is 11.6 Å². The van der Waals surface area contributed by atoms with Crippen molar-refractivity contribution in [1.82, 2.24) is 15.2 Å². The molecule has 0 radical (unpaired) electrons. The van der Waals surface area contributed by atoms with Crippen molar-refractivity contribution in [3.63, 3.8) is 0 Å². The van der Waals surface area contributed by atoms with Gasteiger partial charge in [-0.25, -0.2) is 5.43 Å². The molecule has 0 amide bonds. The second kappa shape index (κ2) is 5.89. The van der Waals surface area contributed by atoms with Crippen LogP contribution in [-0.4, -0.2) is 26.3 Å². The van der Waals surface area contributed by atoms with E-state index in [4.69, 9.17) is 11.6 Å². The van der Waals surface area contributed by atoms with Gasteiger partial charge < -0.3 is 0 Å². The standard InChI is InChI=1S/C10H7ClN6O3/c11-7-2-1-6(3-8(7)17(19)20)4-12-15-10-14-9(18)5-13-16-10/h1-5H,(H2,14,15,16,18). The molecule has 1 heterocycles. The number of hydrogen-bond acceptors (Lipinski definition) is 7. The van der Waals surface area contributed by atoms with Gasteiger partial charge in [-0.05, 0) is 6.07 Å². The van der Waals surface area contributed by atoms with Crippen LogP contribution in [0.3, 0.4) is 0 Å². The summed E-state index contributed by atoms with van der Waals surface area (Å²) in [6.07, 6.45) is 2.33. The second-order valence-electron chi connectivity index (χ2n) is 3.52. The van der Waals surface area contributed by atoms with Crippen LogP contribution in [0.15, 0.2) is 34.3 Å². The van der Waals surface area contributed by atoms with Gasteiger partial charge in [-0.1, -0.05) is 17.7 Å². The number of nitro groups is 1. The van der Waals surface area contributed by atoms with Crippen molar-refractivity contribution in [3.8, 4) is 0 Å². The molecule has 2 rings (SSSR count). The summed E-state index contributed by atoms with van der Waals surface area (Å²) in [5.41, 5.74) is 2.24. The highest BCUT2D eigenvalue weighted by molar-refractivity contribution is 6.32. The molecular formula is C10H7ClN6O3. The molecule has 0 saturated heterocycles. The average Bonchev–Trinajstić information content (AvgIpc) is 2.40. The Morgan fingerprint density at radius 2 is 2.30 bits per heavy atom. The maximum absolute atomic E-state index is 10.9. The summed E-state index contributed by atoms with van der Waals surface area (Å²) in [7, 11) is 0. The molecule has 0 saturated carbocycles. The van der Waals surface area contributed by atoms with Gasteiger partial charge >= 0.3 is 0 Å². The summed E-state index contributed by atoms with van der Waals surface area (Å²) in [6.45, 7) is 0. The Hall–Kier alpha value is -2.81. The van der Waals surface area contributed by atoms with E-state index < -0.39 is 10.5 Å². The molecule has 0 aliphatic carbocycles. The van der Waals surface area contributed by atoms with Gasteiger partial charge in [0.15, 0.2) is 0 Å². The fourth-order valence-electron chi connectivity index (χ4n) is 1.28. The Morgan fingerprint density at radius 1 is 1.50 bits per heavy atom. The number of nitrogens with one attached hydrogen (secondary N) is 2. The van der Waals surface area contributed by atoms with E-state index >= 15 is 0 Å². The van der Waals surface area contributed by atoms with Crippen molar-refractivity contribution >= 4 is 29.5 Å². The maximum Gasteiger partial charge on any atom is 0.288 e. The smallest absolute Gasteiger partial charge is 0.288 e. The van der Waals surface area contributed by atoms with Crippen LogP contribution in [0.4, 0.5) is 11.6 Å².